The maximum Gasteiger partial charge on any atom is -0.00368 e. The Kier molecular flexibility index (Phi) is 15.8. The van der Waals surface area contributed by atoms with Crippen molar-refractivity contribution in [1.29, 1.82) is 0 Å². The average Bonchev–Trinajstić information content (AvgIpc) is 2.35. The van der Waals surface area contributed by atoms with Crippen LogP contribution in [0.3, 0.4) is 0 Å². The molecule has 0 aliphatic heterocycles. The van der Waals surface area contributed by atoms with E-state index in [0.717, 1.165) is 0 Å². The smallest absolute Gasteiger partial charge is 0.00368 e. The van der Waals surface area contributed by atoms with E-state index in [1.54, 1.807) is 0 Å². The van der Waals surface area contributed by atoms with Crippen molar-refractivity contribution in [2.45, 2.75) is 71.6 Å². The first-order valence-electron chi connectivity index (χ1n) is 7.83. The SMILES string of the molecule is CCCCCCNCCCNCCCCCC. The van der Waals surface area contributed by atoms with E-state index in [0.29, 0.717) is 0 Å². The monoisotopic (exact) mass is 242 g/mol. The van der Waals surface area contributed by atoms with Gasteiger partial charge in [0.25, 0.3) is 0 Å². The van der Waals surface area contributed by atoms with Crippen LogP contribution >= 0.6 is 0 Å². The van der Waals surface area contributed by atoms with Gasteiger partial charge in [-0.05, 0) is 45.4 Å². The first kappa shape index (κ1) is 16.9. The minimum Gasteiger partial charge on any atom is -0.317 e. The molecule has 2 heteroatoms. The largest absolute Gasteiger partial charge is 0.317 e. The summed E-state index contributed by atoms with van der Waals surface area (Å²) in [5.74, 6) is 0. The summed E-state index contributed by atoms with van der Waals surface area (Å²) in [6.45, 7) is 9.29. The second kappa shape index (κ2) is 15.9. The molecule has 0 fully saturated rings. The minimum absolute atomic E-state index is 1.17. The molecule has 0 bridgehead atoms. The third-order valence-electron chi connectivity index (χ3n) is 3.12. The number of nitrogens with one attached hydrogen (secondary N) is 2. The molecule has 2 N–H and O–H groups in total. The molecule has 0 radical (unpaired) electrons. The van der Waals surface area contributed by atoms with E-state index in [2.05, 4.69) is 24.5 Å². The van der Waals surface area contributed by atoms with Crippen LogP contribution in [0.25, 0.3) is 0 Å². The number of hydrogen-bond acceptors (Lipinski definition) is 2. The summed E-state index contributed by atoms with van der Waals surface area (Å²) in [4.78, 5) is 0. The molecule has 0 atom stereocenters. The Bertz CT molecular complexity index is 112. The summed E-state index contributed by atoms with van der Waals surface area (Å²) in [6, 6.07) is 0. The molecule has 0 aliphatic carbocycles. The van der Waals surface area contributed by atoms with Crippen molar-refractivity contribution in [3.8, 4) is 0 Å². The average molecular weight is 242 g/mol. The molecule has 0 aliphatic rings. The fourth-order valence-corrected chi connectivity index (χ4v) is 1.94. The highest BCUT2D eigenvalue weighted by atomic mass is 14.9. The topological polar surface area (TPSA) is 24.1 Å². The van der Waals surface area contributed by atoms with Crippen molar-refractivity contribution < 1.29 is 0 Å². The third kappa shape index (κ3) is 15.9. The highest BCUT2D eigenvalue weighted by Gasteiger charge is 1.91. The van der Waals surface area contributed by atoms with Gasteiger partial charge >= 0.3 is 0 Å². The van der Waals surface area contributed by atoms with Crippen LogP contribution in [-0.4, -0.2) is 26.2 Å². The van der Waals surface area contributed by atoms with E-state index in [9.17, 15) is 0 Å². The van der Waals surface area contributed by atoms with Gasteiger partial charge in [0, 0.05) is 0 Å². The predicted molar refractivity (Wildman–Crippen MR) is 78.6 cm³/mol. The van der Waals surface area contributed by atoms with Gasteiger partial charge in [0.05, 0.1) is 0 Å². The predicted octanol–water partition coefficient (Wildman–Crippen LogP) is 3.72. The molecule has 0 aromatic carbocycles. The zero-order valence-electron chi connectivity index (χ0n) is 12.2. The van der Waals surface area contributed by atoms with Gasteiger partial charge in [-0.2, -0.15) is 0 Å². The van der Waals surface area contributed by atoms with Crippen LogP contribution in [0.5, 0.6) is 0 Å². The van der Waals surface area contributed by atoms with Gasteiger partial charge < -0.3 is 10.6 Å². The molecule has 0 amide bonds. The zero-order chi connectivity index (χ0) is 12.6. The van der Waals surface area contributed by atoms with Crippen LogP contribution in [0.2, 0.25) is 0 Å². The van der Waals surface area contributed by atoms with Crippen molar-refractivity contribution in [3.63, 3.8) is 0 Å². The van der Waals surface area contributed by atoms with Crippen molar-refractivity contribution in [3.05, 3.63) is 0 Å². The van der Waals surface area contributed by atoms with Crippen molar-refractivity contribution in [2.75, 3.05) is 26.2 Å². The molecule has 0 rings (SSSR count). The van der Waals surface area contributed by atoms with E-state index >= 15 is 0 Å². The van der Waals surface area contributed by atoms with Gasteiger partial charge in [-0.15, -0.1) is 0 Å². The lowest BCUT2D eigenvalue weighted by atomic mass is 10.2. The second-order valence-electron chi connectivity index (χ2n) is 4.97. The Morgan fingerprint density at radius 3 is 1.29 bits per heavy atom. The van der Waals surface area contributed by atoms with Crippen molar-refractivity contribution in [1.82, 2.24) is 10.6 Å². The van der Waals surface area contributed by atoms with Crippen LogP contribution in [0, 0.1) is 0 Å². The summed E-state index contributed by atoms with van der Waals surface area (Å²) in [6.07, 6.45) is 12.2. The molecule has 0 aromatic rings. The lowest BCUT2D eigenvalue weighted by molar-refractivity contribution is 0.550. The molecule has 0 spiro atoms. The highest BCUT2D eigenvalue weighted by Crippen LogP contribution is 1.97. The lowest BCUT2D eigenvalue weighted by Crippen LogP contribution is -2.23. The third-order valence-corrected chi connectivity index (χ3v) is 3.12. The Morgan fingerprint density at radius 1 is 0.471 bits per heavy atom. The van der Waals surface area contributed by atoms with Gasteiger partial charge in [-0.25, -0.2) is 0 Å². The fourth-order valence-electron chi connectivity index (χ4n) is 1.94. The molecule has 0 heterocycles. The number of hydrogen-bond donors (Lipinski definition) is 2. The Hall–Kier alpha value is -0.0800. The minimum atomic E-state index is 1.17. The van der Waals surface area contributed by atoms with E-state index in [-0.39, 0.29) is 0 Å². The molecule has 2 nitrogen and oxygen atoms in total. The van der Waals surface area contributed by atoms with Crippen LogP contribution in [0.15, 0.2) is 0 Å². The van der Waals surface area contributed by atoms with E-state index in [1.807, 2.05) is 0 Å². The van der Waals surface area contributed by atoms with Crippen molar-refractivity contribution in [2.24, 2.45) is 0 Å². The summed E-state index contributed by atoms with van der Waals surface area (Å²) in [5, 5.41) is 7.03. The fraction of sp³-hybridized carbons (Fsp3) is 1.00. The summed E-state index contributed by atoms with van der Waals surface area (Å²) < 4.78 is 0. The van der Waals surface area contributed by atoms with Gasteiger partial charge in [-0.3, -0.25) is 0 Å². The maximum atomic E-state index is 3.52. The first-order chi connectivity index (χ1) is 8.41. The molecular formula is C15H34N2. The first-order valence-corrected chi connectivity index (χ1v) is 7.83. The Labute approximate surface area is 109 Å². The Balaban J connectivity index is 2.85. The van der Waals surface area contributed by atoms with Gasteiger partial charge in [0.15, 0.2) is 0 Å². The van der Waals surface area contributed by atoms with Crippen LogP contribution in [-0.2, 0) is 0 Å². The molecule has 17 heavy (non-hydrogen) atoms. The summed E-state index contributed by atoms with van der Waals surface area (Å²) >= 11 is 0. The number of unbranched alkanes of at least 4 members (excludes halogenated alkanes) is 6. The summed E-state index contributed by atoms with van der Waals surface area (Å²) in [5.41, 5.74) is 0. The maximum absolute atomic E-state index is 3.52. The Morgan fingerprint density at radius 2 is 0.882 bits per heavy atom. The van der Waals surface area contributed by atoms with Crippen LogP contribution in [0.4, 0.5) is 0 Å². The normalized spacial score (nSPS) is 10.9. The standard InChI is InChI=1S/C15H34N2/c1-3-5-7-9-12-16-14-11-15-17-13-10-8-6-4-2/h16-17H,3-15H2,1-2H3. The zero-order valence-corrected chi connectivity index (χ0v) is 12.2. The second-order valence-corrected chi connectivity index (χ2v) is 4.97. The van der Waals surface area contributed by atoms with Gasteiger partial charge in [0.1, 0.15) is 0 Å². The molecule has 0 aromatic heterocycles. The molecule has 0 unspecified atom stereocenters. The van der Waals surface area contributed by atoms with Crippen molar-refractivity contribution >= 4 is 0 Å². The lowest BCUT2D eigenvalue weighted by Gasteiger charge is -2.06. The highest BCUT2D eigenvalue weighted by molar-refractivity contribution is 4.53. The molecule has 0 saturated heterocycles. The molecule has 104 valence electrons. The van der Waals surface area contributed by atoms with E-state index in [1.165, 1.54) is 84.0 Å². The van der Waals surface area contributed by atoms with Crippen LogP contribution < -0.4 is 10.6 Å². The van der Waals surface area contributed by atoms with Gasteiger partial charge in [-0.1, -0.05) is 52.4 Å². The quantitative estimate of drug-likeness (QED) is 0.454. The number of rotatable bonds is 14. The molecule has 0 saturated carbocycles. The van der Waals surface area contributed by atoms with Crippen LogP contribution in [0.1, 0.15) is 71.6 Å². The molecular weight excluding hydrogens is 208 g/mol. The van der Waals surface area contributed by atoms with Gasteiger partial charge in [0.2, 0.25) is 0 Å². The van der Waals surface area contributed by atoms with E-state index in [4.69, 9.17) is 0 Å². The van der Waals surface area contributed by atoms with E-state index < -0.39 is 0 Å². The summed E-state index contributed by atoms with van der Waals surface area (Å²) in [7, 11) is 0.